The van der Waals surface area contributed by atoms with Crippen molar-refractivity contribution in [2.45, 2.75) is 19.4 Å². The van der Waals surface area contributed by atoms with Crippen molar-refractivity contribution in [3.8, 4) is 0 Å². The van der Waals surface area contributed by atoms with Crippen LogP contribution in [0.25, 0.3) is 0 Å². The first-order chi connectivity index (χ1) is 17.5. The summed E-state index contributed by atoms with van der Waals surface area (Å²) in [5.41, 5.74) is 2.13. The Labute approximate surface area is 219 Å². The number of hydrogen-bond donors (Lipinski definition) is 3. The Morgan fingerprint density at radius 2 is 1.22 bits per heavy atom. The maximum atomic E-state index is 11.6. The molecule has 0 amide bonds. The SMILES string of the molecule is Cc1ccc(CC(CN2CCN(C)CCN(C)CCN(CC(=O)O)CC2)N(CC(=O)O)CC(=O)O)cc1. The van der Waals surface area contributed by atoms with Gasteiger partial charge in [-0.3, -0.25) is 29.1 Å². The number of carboxylic acids is 3. The fourth-order valence-corrected chi connectivity index (χ4v) is 4.49. The fraction of sp³-hybridized carbons (Fsp3) is 0.654. The van der Waals surface area contributed by atoms with Gasteiger partial charge in [-0.2, -0.15) is 0 Å². The molecule has 0 bridgehead atoms. The molecule has 0 radical (unpaired) electrons. The van der Waals surface area contributed by atoms with Crippen LogP contribution in [0.15, 0.2) is 24.3 Å². The Kier molecular flexibility index (Phi) is 12.9. The Balaban J connectivity index is 2.28. The van der Waals surface area contributed by atoms with Crippen LogP contribution in [0.5, 0.6) is 0 Å². The summed E-state index contributed by atoms with van der Waals surface area (Å²) in [6.07, 6.45) is 0.511. The molecule has 0 saturated carbocycles. The van der Waals surface area contributed by atoms with E-state index in [1.807, 2.05) is 43.1 Å². The van der Waals surface area contributed by atoms with Crippen LogP contribution < -0.4 is 0 Å². The highest BCUT2D eigenvalue weighted by molar-refractivity contribution is 5.72. The summed E-state index contributed by atoms with van der Waals surface area (Å²) in [4.78, 5) is 44.8. The smallest absolute Gasteiger partial charge is 0.317 e. The summed E-state index contributed by atoms with van der Waals surface area (Å²) in [5.74, 6) is -3.01. The van der Waals surface area contributed by atoms with Gasteiger partial charge in [0.05, 0.1) is 19.6 Å². The quantitative estimate of drug-likeness (QED) is 0.362. The summed E-state index contributed by atoms with van der Waals surface area (Å²) in [7, 11) is 4.11. The molecule has 1 aromatic rings. The van der Waals surface area contributed by atoms with Gasteiger partial charge in [-0.15, -0.1) is 0 Å². The highest BCUT2D eigenvalue weighted by atomic mass is 16.4. The third-order valence-electron chi connectivity index (χ3n) is 6.80. The van der Waals surface area contributed by atoms with E-state index in [0.717, 1.165) is 37.3 Å². The molecule has 2 rings (SSSR count). The molecule has 0 spiro atoms. The molecule has 1 fully saturated rings. The van der Waals surface area contributed by atoms with Crippen LogP contribution in [0.3, 0.4) is 0 Å². The largest absolute Gasteiger partial charge is 0.480 e. The monoisotopic (exact) mass is 521 g/mol. The predicted octanol–water partition coefficient (Wildman–Crippen LogP) is -0.0569. The molecule has 1 unspecified atom stereocenters. The van der Waals surface area contributed by atoms with Crippen molar-refractivity contribution in [3.63, 3.8) is 0 Å². The van der Waals surface area contributed by atoms with E-state index in [2.05, 4.69) is 21.7 Å². The molecule has 1 heterocycles. The van der Waals surface area contributed by atoms with Gasteiger partial charge in [0.1, 0.15) is 0 Å². The number of aryl methyl sites for hydroxylation is 1. The second kappa shape index (κ2) is 15.6. The zero-order valence-corrected chi connectivity index (χ0v) is 22.4. The summed E-state index contributed by atoms with van der Waals surface area (Å²) < 4.78 is 0. The lowest BCUT2D eigenvalue weighted by Crippen LogP contribution is -2.52. The van der Waals surface area contributed by atoms with Crippen molar-refractivity contribution in [3.05, 3.63) is 35.4 Å². The van der Waals surface area contributed by atoms with Crippen molar-refractivity contribution >= 4 is 17.9 Å². The number of hydrogen-bond acceptors (Lipinski definition) is 8. The molecule has 0 aromatic heterocycles. The molecule has 1 atom stereocenters. The van der Waals surface area contributed by atoms with Gasteiger partial charge in [0, 0.05) is 64.9 Å². The van der Waals surface area contributed by atoms with Gasteiger partial charge in [0.15, 0.2) is 0 Å². The molecule has 208 valence electrons. The highest BCUT2D eigenvalue weighted by Gasteiger charge is 2.26. The minimum Gasteiger partial charge on any atom is -0.480 e. The molecule has 3 N–H and O–H groups in total. The maximum Gasteiger partial charge on any atom is 0.317 e. The third-order valence-corrected chi connectivity index (χ3v) is 6.80. The molecule has 11 nitrogen and oxygen atoms in total. The van der Waals surface area contributed by atoms with Gasteiger partial charge >= 0.3 is 17.9 Å². The van der Waals surface area contributed by atoms with Crippen LogP contribution >= 0.6 is 0 Å². The lowest BCUT2D eigenvalue weighted by Gasteiger charge is -2.36. The van der Waals surface area contributed by atoms with Gasteiger partial charge in [-0.1, -0.05) is 29.8 Å². The summed E-state index contributed by atoms with van der Waals surface area (Å²) in [6.45, 7) is 7.50. The zero-order chi connectivity index (χ0) is 27.4. The van der Waals surface area contributed by atoms with Crippen LogP contribution in [0, 0.1) is 6.92 Å². The third kappa shape index (κ3) is 12.5. The predicted molar refractivity (Wildman–Crippen MR) is 141 cm³/mol. The van der Waals surface area contributed by atoms with E-state index in [-0.39, 0.29) is 25.7 Å². The molecule has 1 aromatic carbocycles. The minimum atomic E-state index is -1.07. The van der Waals surface area contributed by atoms with Crippen molar-refractivity contribution in [2.24, 2.45) is 0 Å². The molecule has 11 heteroatoms. The normalized spacial score (nSPS) is 18.7. The van der Waals surface area contributed by atoms with E-state index in [4.69, 9.17) is 0 Å². The Morgan fingerprint density at radius 1 is 0.757 bits per heavy atom. The van der Waals surface area contributed by atoms with E-state index in [0.29, 0.717) is 39.1 Å². The molecule has 37 heavy (non-hydrogen) atoms. The van der Waals surface area contributed by atoms with Crippen molar-refractivity contribution in [1.29, 1.82) is 0 Å². The Morgan fingerprint density at radius 3 is 1.73 bits per heavy atom. The van der Waals surface area contributed by atoms with Gasteiger partial charge in [0.2, 0.25) is 0 Å². The van der Waals surface area contributed by atoms with Crippen LogP contribution in [-0.4, -0.2) is 156 Å². The average molecular weight is 522 g/mol. The maximum absolute atomic E-state index is 11.6. The van der Waals surface area contributed by atoms with Crippen molar-refractivity contribution in [2.75, 3.05) is 92.6 Å². The molecule has 1 saturated heterocycles. The lowest BCUT2D eigenvalue weighted by atomic mass is 10.0. The number of benzene rings is 1. The topological polar surface area (TPSA) is 128 Å². The first-order valence-corrected chi connectivity index (χ1v) is 12.8. The van der Waals surface area contributed by atoms with Crippen LogP contribution in [0.1, 0.15) is 11.1 Å². The van der Waals surface area contributed by atoms with E-state index in [1.165, 1.54) is 4.90 Å². The highest BCUT2D eigenvalue weighted by Crippen LogP contribution is 2.13. The average Bonchev–Trinajstić information content (AvgIpc) is 2.81. The van der Waals surface area contributed by atoms with Gasteiger partial charge in [-0.25, -0.2) is 0 Å². The summed E-state index contributed by atoms with van der Waals surface area (Å²) >= 11 is 0. The molecular weight excluding hydrogens is 478 g/mol. The number of carbonyl (C=O) groups is 3. The fourth-order valence-electron chi connectivity index (χ4n) is 4.49. The van der Waals surface area contributed by atoms with E-state index < -0.39 is 17.9 Å². The number of nitrogens with zero attached hydrogens (tertiary/aromatic N) is 5. The standard InChI is InChI=1S/C26H43N5O6/c1-21-4-6-22(7-5-21)16-23(31(19-25(34)35)20-26(36)37)17-29-12-10-27(2)8-9-28(3)11-13-30(15-14-29)18-24(32)33/h4-7,23H,8-20H2,1-3H3,(H,32,33)(H,34,35)(H,36,37). The number of likely N-dealkylation sites (N-methyl/N-ethyl adjacent to an activating group) is 2. The second-order valence-corrected chi connectivity index (χ2v) is 10.1. The number of rotatable bonds is 11. The molecule has 1 aliphatic rings. The molecule has 1 aliphatic heterocycles. The van der Waals surface area contributed by atoms with E-state index in [9.17, 15) is 29.7 Å². The van der Waals surface area contributed by atoms with Gasteiger partial charge in [-0.05, 0) is 33.0 Å². The minimum absolute atomic E-state index is 0.0431. The van der Waals surface area contributed by atoms with Gasteiger partial charge in [0.25, 0.3) is 0 Å². The lowest BCUT2D eigenvalue weighted by molar-refractivity contribution is -0.143. The van der Waals surface area contributed by atoms with Gasteiger partial charge < -0.3 is 25.1 Å². The summed E-state index contributed by atoms with van der Waals surface area (Å²) in [6, 6.07) is 7.65. The second-order valence-electron chi connectivity index (χ2n) is 10.1. The Hall–Kier alpha value is -2.57. The van der Waals surface area contributed by atoms with Crippen LogP contribution in [0.2, 0.25) is 0 Å². The van der Waals surface area contributed by atoms with Crippen LogP contribution in [-0.2, 0) is 20.8 Å². The van der Waals surface area contributed by atoms with Crippen LogP contribution in [0.4, 0.5) is 0 Å². The summed E-state index contributed by atoms with van der Waals surface area (Å²) in [5, 5.41) is 28.4. The number of carboxylic acid groups (broad SMARTS) is 3. The molecular formula is C26H43N5O6. The molecule has 0 aliphatic carbocycles. The zero-order valence-electron chi connectivity index (χ0n) is 22.4. The first-order valence-electron chi connectivity index (χ1n) is 12.8. The van der Waals surface area contributed by atoms with E-state index >= 15 is 0 Å². The van der Waals surface area contributed by atoms with Crippen molar-refractivity contribution < 1.29 is 29.7 Å². The Bertz CT molecular complexity index is 852. The van der Waals surface area contributed by atoms with Crippen molar-refractivity contribution in [1.82, 2.24) is 24.5 Å². The first kappa shape index (κ1) is 30.7. The van der Waals surface area contributed by atoms with E-state index in [1.54, 1.807) is 0 Å². The number of aliphatic carboxylic acids is 3.